The quantitative estimate of drug-likeness (QED) is 0.691. The summed E-state index contributed by atoms with van der Waals surface area (Å²) in [4.78, 5) is 11.6. The van der Waals surface area contributed by atoms with Crippen LogP contribution in [0.15, 0.2) is 18.2 Å². The van der Waals surface area contributed by atoms with Crippen molar-refractivity contribution >= 4 is 11.6 Å². The van der Waals surface area contributed by atoms with Crippen molar-refractivity contribution in [3.63, 3.8) is 0 Å². The number of anilines is 1. The molecular weight excluding hydrogens is 223 g/mol. The molecule has 0 bridgehead atoms. The number of nitrogen functional groups attached to an aromatic ring is 1. The molecule has 1 aromatic carbocycles. The Balaban J connectivity index is 2.64. The maximum Gasteiger partial charge on any atom is 0.254 e. The predicted molar refractivity (Wildman–Crippen MR) is 64.0 cm³/mol. The normalized spacial score (nSPS) is 12.5. The molecule has 5 heteroatoms. The summed E-state index contributed by atoms with van der Waals surface area (Å²) in [6, 6.07) is 3.87. The molecule has 4 N–H and O–H groups in total. The van der Waals surface area contributed by atoms with E-state index in [1.54, 1.807) is 0 Å². The Labute approximate surface area is 99.6 Å². The number of halogens is 1. The fraction of sp³-hybridized carbons (Fsp3) is 0.417. The van der Waals surface area contributed by atoms with E-state index in [1.165, 1.54) is 12.1 Å². The Kier molecular flexibility index (Phi) is 4.45. The second-order valence-electron chi connectivity index (χ2n) is 4.26. The zero-order chi connectivity index (χ0) is 13.0. The molecule has 0 radical (unpaired) electrons. The first kappa shape index (κ1) is 13.4. The summed E-state index contributed by atoms with van der Waals surface area (Å²) in [5, 5.41) is 12.0. The van der Waals surface area contributed by atoms with Crippen molar-refractivity contribution in [2.75, 3.05) is 12.3 Å². The van der Waals surface area contributed by atoms with Gasteiger partial charge in [0.15, 0.2) is 0 Å². The molecule has 0 aliphatic rings. The summed E-state index contributed by atoms with van der Waals surface area (Å²) in [5.74, 6) is -1.18. The van der Waals surface area contributed by atoms with Crippen LogP contribution in [0.5, 0.6) is 0 Å². The van der Waals surface area contributed by atoms with Gasteiger partial charge in [0.2, 0.25) is 0 Å². The highest BCUT2D eigenvalue weighted by Gasteiger charge is 2.14. The van der Waals surface area contributed by atoms with Crippen LogP contribution in [-0.2, 0) is 0 Å². The van der Waals surface area contributed by atoms with Crippen LogP contribution in [0, 0.1) is 11.7 Å². The second-order valence-corrected chi connectivity index (χ2v) is 4.26. The maximum atomic E-state index is 13.4. The maximum absolute atomic E-state index is 13.4. The van der Waals surface area contributed by atoms with E-state index < -0.39 is 17.8 Å². The highest BCUT2D eigenvalue weighted by atomic mass is 19.1. The third kappa shape index (κ3) is 3.71. The summed E-state index contributed by atoms with van der Waals surface area (Å²) in [6.07, 6.45) is -0.643. The van der Waals surface area contributed by atoms with E-state index >= 15 is 0 Å². The first-order valence-electron chi connectivity index (χ1n) is 5.43. The summed E-state index contributed by atoms with van der Waals surface area (Å²) in [6.45, 7) is 3.77. The smallest absolute Gasteiger partial charge is 0.254 e. The number of hydrogen-bond donors (Lipinski definition) is 3. The minimum atomic E-state index is -0.665. The lowest BCUT2D eigenvalue weighted by Gasteiger charge is -2.15. The Hall–Kier alpha value is -1.62. The number of aliphatic hydroxyl groups excluding tert-OH is 1. The fourth-order valence-corrected chi connectivity index (χ4v) is 1.24. The third-order valence-electron chi connectivity index (χ3n) is 2.48. The van der Waals surface area contributed by atoms with Crippen LogP contribution in [0.1, 0.15) is 24.2 Å². The molecule has 0 aliphatic heterocycles. The molecule has 1 atom stereocenters. The molecule has 0 aromatic heterocycles. The van der Waals surface area contributed by atoms with Gasteiger partial charge < -0.3 is 16.2 Å². The fourth-order valence-electron chi connectivity index (χ4n) is 1.24. The molecule has 0 heterocycles. The lowest BCUT2D eigenvalue weighted by Crippen LogP contribution is -2.35. The van der Waals surface area contributed by atoms with Crippen molar-refractivity contribution < 1.29 is 14.3 Å². The van der Waals surface area contributed by atoms with E-state index in [9.17, 15) is 14.3 Å². The van der Waals surface area contributed by atoms with E-state index in [4.69, 9.17) is 5.73 Å². The summed E-state index contributed by atoms with van der Waals surface area (Å²) in [7, 11) is 0. The number of amides is 1. The number of nitrogens with two attached hydrogens (primary N) is 1. The molecule has 0 aliphatic carbocycles. The van der Waals surface area contributed by atoms with Gasteiger partial charge in [0, 0.05) is 12.2 Å². The number of carbonyl (C=O) groups is 1. The highest BCUT2D eigenvalue weighted by Crippen LogP contribution is 2.11. The van der Waals surface area contributed by atoms with Crippen LogP contribution < -0.4 is 11.1 Å². The third-order valence-corrected chi connectivity index (χ3v) is 2.48. The van der Waals surface area contributed by atoms with Gasteiger partial charge in [-0.3, -0.25) is 4.79 Å². The molecule has 1 unspecified atom stereocenters. The number of hydrogen-bond acceptors (Lipinski definition) is 3. The first-order chi connectivity index (χ1) is 7.91. The van der Waals surface area contributed by atoms with Crippen LogP contribution in [0.4, 0.5) is 10.1 Å². The molecule has 0 fully saturated rings. The molecule has 17 heavy (non-hydrogen) atoms. The van der Waals surface area contributed by atoms with Crippen molar-refractivity contribution in [2.24, 2.45) is 5.92 Å². The number of benzene rings is 1. The van der Waals surface area contributed by atoms with E-state index in [-0.39, 0.29) is 23.7 Å². The minimum Gasteiger partial charge on any atom is -0.399 e. The number of nitrogens with one attached hydrogen (secondary N) is 1. The average Bonchev–Trinajstić information content (AvgIpc) is 2.25. The number of rotatable bonds is 4. The monoisotopic (exact) mass is 240 g/mol. The van der Waals surface area contributed by atoms with Gasteiger partial charge >= 0.3 is 0 Å². The SMILES string of the molecule is CC(C)C(O)CNC(=O)c1ccc(N)cc1F. The van der Waals surface area contributed by atoms with E-state index in [0.29, 0.717) is 0 Å². The van der Waals surface area contributed by atoms with Crippen molar-refractivity contribution in [3.8, 4) is 0 Å². The average molecular weight is 240 g/mol. The molecular formula is C12H17FN2O2. The zero-order valence-electron chi connectivity index (χ0n) is 9.90. The van der Waals surface area contributed by atoms with Gasteiger partial charge in [0.05, 0.1) is 11.7 Å². The number of carbonyl (C=O) groups excluding carboxylic acids is 1. The molecule has 1 amide bonds. The number of aliphatic hydroxyl groups is 1. The van der Waals surface area contributed by atoms with E-state index in [0.717, 1.165) is 6.07 Å². The van der Waals surface area contributed by atoms with Gasteiger partial charge in [0.1, 0.15) is 5.82 Å². The van der Waals surface area contributed by atoms with Gasteiger partial charge in [-0.25, -0.2) is 4.39 Å². The van der Waals surface area contributed by atoms with Crippen molar-refractivity contribution in [1.29, 1.82) is 0 Å². The highest BCUT2D eigenvalue weighted by molar-refractivity contribution is 5.94. The molecule has 4 nitrogen and oxygen atoms in total. The predicted octanol–water partition coefficient (Wildman–Crippen LogP) is 1.15. The molecule has 94 valence electrons. The van der Waals surface area contributed by atoms with Crippen LogP contribution >= 0.6 is 0 Å². The molecule has 0 spiro atoms. The van der Waals surface area contributed by atoms with E-state index in [2.05, 4.69) is 5.32 Å². The Bertz CT molecular complexity index is 407. The molecule has 0 saturated heterocycles. The Morgan fingerprint density at radius 3 is 2.71 bits per heavy atom. The van der Waals surface area contributed by atoms with E-state index in [1.807, 2.05) is 13.8 Å². The minimum absolute atomic E-state index is 0.0339. The van der Waals surface area contributed by atoms with Gasteiger partial charge in [-0.1, -0.05) is 13.8 Å². The van der Waals surface area contributed by atoms with Crippen LogP contribution in [-0.4, -0.2) is 23.7 Å². The zero-order valence-corrected chi connectivity index (χ0v) is 9.90. The summed E-state index contributed by atoms with van der Waals surface area (Å²) < 4.78 is 13.4. The van der Waals surface area contributed by atoms with Crippen molar-refractivity contribution in [3.05, 3.63) is 29.6 Å². The molecule has 0 saturated carbocycles. The van der Waals surface area contributed by atoms with Crippen LogP contribution in [0.3, 0.4) is 0 Å². The lowest BCUT2D eigenvalue weighted by atomic mass is 10.1. The van der Waals surface area contributed by atoms with Gasteiger partial charge in [-0.15, -0.1) is 0 Å². The van der Waals surface area contributed by atoms with Gasteiger partial charge in [-0.2, -0.15) is 0 Å². The van der Waals surface area contributed by atoms with Crippen LogP contribution in [0.2, 0.25) is 0 Å². The molecule has 1 rings (SSSR count). The Morgan fingerprint density at radius 2 is 2.18 bits per heavy atom. The Morgan fingerprint density at radius 1 is 1.53 bits per heavy atom. The summed E-state index contributed by atoms with van der Waals surface area (Å²) >= 11 is 0. The van der Waals surface area contributed by atoms with Crippen molar-refractivity contribution in [2.45, 2.75) is 20.0 Å². The molecule has 1 aromatic rings. The van der Waals surface area contributed by atoms with Gasteiger partial charge in [0.25, 0.3) is 5.91 Å². The first-order valence-corrected chi connectivity index (χ1v) is 5.43. The van der Waals surface area contributed by atoms with Crippen LogP contribution in [0.25, 0.3) is 0 Å². The lowest BCUT2D eigenvalue weighted by molar-refractivity contribution is 0.0868. The standard InChI is InChI=1S/C12H17FN2O2/c1-7(2)11(16)6-15-12(17)9-4-3-8(14)5-10(9)13/h3-5,7,11,16H,6,14H2,1-2H3,(H,15,17). The summed E-state index contributed by atoms with van der Waals surface area (Å²) in [5.41, 5.74) is 5.57. The largest absolute Gasteiger partial charge is 0.399 e. The topological polar surface area (TPSA) is 75.3 Å². The van der Waals surface area contributed by atoms with Gasteiger partial charge in [-0.05, 0) is 24.1 Å². The van der Waals surface area contributed by atoms with Crippen molar-refractivity contribution in [1.82, 2.24) is 5.32 Å². The second kappa shape index (κ2) is 5.63.